The van der Waals surface area contributed by atoms with Crippen molar-refractivity contribution in [2.75, 3.05) is 56.4 Å². The van der Waals surface area contributed by atoms with E-state index in [1.54, 1.807) is 11.3 Å². The maximum absolute atomic E-state index is 12.9. The molecule has 6 rings (SSSR count). The molecule has 5 heterocycles. The highest BCUT2D eigenvalue weighted by Gasteiger charge is 2.29. The molecular weight excluding hydrogens is 494 g/mol. The Balaban J connectivity index is 1.02. The fourth-order valence-electron chi connectivity index (χ4n) is 5.82. The van der Waals surface area contributed by atoms with E-state index in [-0.39, 0.29) is 11.9 Å². The van der Waals surface area contributed by atoms with Crippen molar-refractivity contribution in [3.05, 3.63) is 53.2 Å². The molecule has 0 aliphatic carbocycles. The van der Waals surface area contributed by atoms with Gasteiger partial charge in [-0.2, -0.15) is 0 Å². The van der Waals surface area contributed by atoms with Gasteiger partial charge in [0.05, 0.1) is 21.8 Å². The van der Waals surface area contributed by atoms with Crippen LogP contribution in [0.25, 0.3) is 10.2 Å². The number of anilines is 3. The topological polar surface area (TPSA) is 76.6 Å². The first-order valence-corrected chi connectivity index (χ1v) is 14.7. The average Bonchev–Trinajstić information content (AvgIpc) is 3.59. The van der Waals surface area contributed by atoms with Crippen LogP contribution in [0, 0.1) is 0 Å². The first-order chi connectivity index (χ1) is 18.5. The standard InChI is InChI=1S/C29H37N7OS/c1-20(2)35-15-13-34(14-16-35)10-8-28(37)36-11-6-21(7-12-36)26-18-23-24(5-9-30-29(23)33-26)32-22-3-4-25-27(17-22)38-19-31-25/h3-6,9,17,19-20,26H,7-8,10-16,18H2,1-2H3,(H2,30,32,33). The van der Waals surface area contributed by atoms with Crippen LogP contribution >= 0.6 is 11.3 Å². The molecule has 3 aromatic rings. The van der Waals surface area contributed by atoms with Gasteiger partial charge in [0.15, 0.2) is 0 Å². The van der Waals surface area contributed by atoms with Crippen LogP contribution < -0.4 is 10.6 Å². The molecule has 1 fully saturated rings. The average molecular weight is 532 g/mol. The van der Waals surface area contributed by atoms with Crippen molar-refractivity contribution >= 4 is 44.7 Å². The van der Waals surface area contributed by atoms with Gasteiger partial charge in [-0.3, -0.25) is 9.69 Å². The fraction of sp³-hybridized carbons (Fsp3) is 0.483. The first-order valence-electron chi connectivity index (χ1n) is 13.8. The lowest BCUT2D eigenvalue weighted by Crippen LogP contribution is -2.49. The second-order valence-electron chi connectivity index (χ2n) is 10.8. The highest BCUT2D eigenvalue weighted by Crippen LogP contribution is 2.36. The van der Waals surface area contributed by atoms with E-state index in [0.29, 0.717) is 19.0 Å². The van der Waals surface area contributed by atoms with Gasteiger partial charge >= 0.3 is 0 Å². The van der Waals surface area contributed by atoms with Gasteiger partial charge in [0, 0.05) is 87.8 Å². The van der Waals surface area contributed by atoms with Crippen LogP contribution in [0.5, 0.6) is 0 Å². The van der Waals surface area contributed by atoms with Gasteiger partial charge in [-0.05, 0) is 50.1 Å². The number of piperazine rings is 1. The quantitative estimate of drug-likeness (QED) is 0.439. The molecule has 0 spiro atoms. The summed E-state index contributed by atoms with van der Waals surface area (Å²) >= 11 is 1.65. The number of hydrogen-bond donors (Lipinski definition) is 2. The zero-order chi connectivity index (χ0) is 26.1. The van der Waals surface area contributed by atoms with Crippen LogP contribution in [0.2, 0.25) is 0 Å². The SMILES string of the molecule is CC(C)N1CCN(CCC(=O)N2CC=C(C3Cc4c(Nc5ccc6ncsc6c5)ccnc4N3)CC2)CC1. The first kappa shape index (κ1) is 25.3. The van der Waals surface area contributed by atoms with Crippen LogP contribution in [-0.4, -0.2) is 88.5 Å². The van der Waals surface area contributed by atoms with E-state index in [1.807, 2.05) is 16.6 Å². The van der Waals surface area contributed by atoms with Crippen molar-refractivity contribution in [2.45, 2.75) is 45.2 Å². The summed E-state index contributed by atoms with van der Waals surface area (Å²) in [4.78, 5) is 28.9. The van der Waals surface area contributed by atoms with E-state index in [9.17, 15) is 4.79 Å². The smallest absolute Gasteiger partial charge is 0.224 e. The monoisotopic (exact) mass is 531 g/mol. The number of nitrogens with one attached hydrogen (secondary N) is 2. The third kappa shape index (κ3) is 5.41. The normalized spacial score (nSPS) is 20.4. The van der Waals surface area contributed by atoms with Gasteiger partial charge in [0.2, 0.25) is 5.91 Å². The Bertz CT molecular complexity index is 1330. The maximum Gasteiger partial charge on any atom is 0.224 e. The van der Waals surface area contributed by atoms with Gasteiger partial charge < -0.3 is 20.4 Å². The van der Waals surface area contributed by atoms with E-state index in [0.717, 1.165) is 74.8 Å². The summed E-state index contributed by atoms with van der Waals surface area (Å²) < 4.78 is 1.18. The molecule has 8 nitrogen and oxygen atoms in total. The molecule has 3 aliphatic heterocycles. The molecular formula is C29H37N7OS. The third-order valence-electron chi connectivity index (χ3n) is 8.21. The molecule has 38 heavy (non-hydrogen) atoms. The van der Waals surface area contributed by atoms with Gasteiger partial charge in [-0.15, -0.1) is 11.3 Å². The Morgan fingerprint density at radius 3 is 2.82 bits per heavy atom. The summed E-state index contributed by atoms with van der Waals surface area (Å²) in [5, 5.41) is 7.24. The Labute approximate surface area is 228 Å². The van der Waals surface area contributed by atoms with Crippen molar-refractivity contribution < 1.29 is 4.79 Å². The summed E-state index contributed by atoms with van der Waals surface area (Å²) in [6, 6.07) is 9.18. The molecule has 2 N–H and O–H groups in total. The summed E-state index contributed by atoms with van der Waals surface area (Å²) in [7, 11) is 0. The minimum absolute atomic E-state index is 0.235. The molecule has 200 valence electrons. The van der Waals surface area contributed by atoms with Crippen molar-refractivity contribution in [2.24, 2.45) is 0 Å². The number of hydrogen-bond acceptors (Lipinski definition) is 8. The van der Waals surface area contributed by atoms with Crippen LogP contribution in [-0.2, 0) is 11.2 Å². The summed E-state index contributed by atoms with van der Waals surface area (Å²) in [5.74, 6) is 1.23. The Hall–Kier alpha value is -3.01. The number of amides is 1. The number of fused-ring (bicyclic) bond motifs is 2. The number of nitrogens with zero attached hydrogens (tertiary/aromatic N) is 5. The number of carbonyl (C=O) groups excluding carboxylic acids is 1. The van der Waals surface area contributed by atoms with Crippen molar-refractivity contribution in [1.29, 1.82) is 0 Å². The van der Waals surface area contributed by atoms with E-state index >= 15 is 0 Å². The summed E-state index contributed by atoms with van der Waals surface area (Å²) in [5.41, 5.74) is 7.67. The van der Waals surface area contributed by atoms with E-state index in [2.05, 4.69) is 74.6 Å². The van der Waals surface area contributed by atoms with E-state index < -0.39 is 0 Å². The number of pyridine rings is 1. The van der Waals surface area contributed by atoms with E-state index in [1.165, 1.54) is 15.8 Å². The molecule has 1 unspecified atom stereocenters. The Kier molecular flexibility index (Phi) is 7.32. The zero-order valence-corrected chi connectivity index (χ0v) is 23.1. The molecule has 0 bridgehead atoms. The van der Waals surface area contributed by atoms with Crippen molar-refractivity contribution in [3.8, 4) is 0 Å². The summed E-state index contributed by atoms with van der Waals surface area (Å²) in [6.45, 7) is 11.2. The lowest BCUT2D eigenvalue weighted by molar-refractivity contribution is -0.131. The number of thiazole rings is 1. The molecule has 1 saturated heterocycles. The van der Waals surface area contributed by atoms with Gasteiger partial charge in [0.1, 0.15) is 5.82 Å². The lowest BCUT2D eigenvalue weighted by atomic mass is 9.97. The molecule has 1 aromatic carbocycles. The van der Waals surface area contributed by atoms with Crippen LogP contribution in [0.15, 0.2) is 47.6 Å². The Morgan fingerprint density at radius 1 is 1.16 bits per heavy atom. The predicted octanol–water partition coefficient (Wildman–Crippen LogP) is 4.35. The minimum Gasteiger partial charge on any atom is -0.363 e. The van der Waals surface area contributed by atoms with Crippen molar-refractivity contribution in [1.82, 2.24) is 24.7 Å². The molecule has 0 radical (unpaired) electrons. The predicted molar refractivity (Wildman–Crippen MR) is 155 cm³/mol. The van der Waals surface area contributed by atoms with Gasteiger partial charge in [-0.1, -0.05) is 6.08 Å². The number of carbonyl (C=O) groups is 1. The van der Waals surface area contributed by atoms with Crippen LogP contribution in [0.3, 0.4) is 0 Å². The maximum atomic E-state index is 12.9. The fourth-order valence-corrected chi connectivity index (χ4v) is 6.53. The van der Waals surface area contributed by atoms with Crippen LogP contribution in [0.4, 0.5) is 17.2 Å². The molecule has 3 aliphatic rings. The largest absolute Gasteiger partial charge is 0.363 e. The van der Waals surface area contributed by atoms with Crippen LogP contribution in [0.1, 0.15) is 32.3 Å². The highest BCUT2D eigenvalue weighted by molar-refractivity contribution is 7.16. The molecule has 1 atom stereocenters. The second-order valence-corrected chi connectivity index (χ2v) is 11.7. The number of aromatic nitrogens is 2. The highest BCUT2D eigenvalue weighted by atomic mass is 32.1. The van der Waals surface area contributed by atoms with E-state index in [4.69, 9.17) is 0 Å². The van der Waals surface area contributed by atoms with Gasteiger partial charge in [0.25, 0.3) is 0 Å². The minimum atomic E-state index is 0.235. The summed E-state index contributed by atoms with van der Waals surface area (Å²) in [6.07, 6.45) is 6.55. The van der Waals surface area contributed by atoms with Crippen molar-refractivity contribution in [3.63, 3.8) is 0 Å². The molecule has 2 aromatic heterocycles. The zero-order valence-electron chi connectivity index (χ0n) is 22.3. The number of rotatable bonds is 7. The number of benzene rings is 1. The molecule has 0 saturated carbocycles. The third-order valence-corrected chi connectivity index (χ3v) is 9.00. The lowest BCUT2D eigenvalue weighted by Gasteiger charge is -2.37. The van der Waals surface area contributed by atoms with Gasteiger partial charge in [-0.25, -0.2) is 9.97 Å². The Morgan fingerprint density at radius 2 is 2.03 bits per heavy atom. The molecule has 1 amide bonds. The molecule has 9 heteroatoms. The second kappa shape index (κ2) is 11.0.